The van der Waals surface area contributed by atoms with Crippen molar-refractivity contribution in [2.75, 3.05) is 11.1 Å². The smallest absolute Gasteiger partial charge is 0.297 e. The van der Waals surface area contributed by atoms with Gasteiger partial charge >= 0.3 is 5.69 Å². The van der Waals surface area contributed by atoms with E-state index in [1.54, 1.807) is 36.0 Å². The second-order valence-corrected chi connectivity index (χ2v) is 8.21. The SMILES string of the molecule is O=C(Nc1nc(=O)n(CCSc2ccc(Cl)cc2)s1)c1ccc(Cl)cc1. The van der Waals surface area contributed by atoms with Crippen molar-refractivity contribution in [3.63, 3.8) is 0 Å². The van der Waals surface area contributed by atoms with Crippen LogP contribution in [-0.4, -0.2) is 20.6 Å². The molecule has 0 saturated heterocycles. The number of rotatable bonds is 6. The summed E-state index contributed by atoms with van der Waals surface area (Å²) >= 11 is 14.4. The number of anilines is 1. The topological polar surface area (TPSA) is 64.0 Å². The molecule has 0 atom stereocenters. The van der Waals surface area contributed by atoms with Crippen molar-refractivity contribution in [3.05, 3.63) is 74.6 Å². The van der Waals surface area contributed by atoms with Crippen molar-refractivity contribution >= 4 is 57.5 Å². The van der Waals surface area contributed by atoms with Crippen molar-refractivity contribution in [2.24, 2.45) is 0 Å². The minimum atomic E-state index is -0.377. The van der Waals surface area contributed by atoms with Crippen molar-refractivity contribution < 1.29 is 4.79 Å². The molecule has 9 heteroatoms. The lowest BCUT2D eigenvalue weighted by Crippen LogP contribution is -2.16. The van der Waals surface area contributed by atoms with Crippen LogP contribution in [0.15, 0.2) is 58.2 Å². The van der Waals surface area contributed by atoms with E-state index in [-0.39, 0.29) is 16.7 Å². The summed E-state index contributed by atoms with van der Waals surface area (Å²) < 4.78 is 1.51. The number of hydrogen-bond donors (Lipinski definition) is 1. The van der Waals surface area contributed by atoms with Gasteiger partial charge in [0.1, 0.15) is 0 Å². The van der Waals surface area contributed by atoms with Gasteiger partial charge in [-0.3, -0.25) is 10.1 Å². The Morgan fingerprint density at radius 3 is 2.35 bits per heavy atom. The highest BCUT2D eigenvalue weighted by molar-refractivity contribution is 7.99. The average molecular weight is 426 g/mol. The summed E-state index contributed by atoms with van der Waals surface area (Å²) in [7, 11) is 0. The fourth-order valence-electron chi connectivity index (χ4n) is 2.05. The zero-order chi connectivity index (χ0) is 18.5. The van der Waals surface area contributed by atoms with Gasteiger partial charge in [-0.25, -0.2) is 8.75 Å². The third kappa shape index (κ3) is 5.11. The second kappa shape index (κ2) is 8.73. The molecule has 0 spiro atoms. The van der Waals surface area contributed by atoms with Gasteiger partial charge in [0.2, 0.25) is 5.13 Å². The number of nitrogens with one attached hydrogen (secondary N) is 1. The molecule has 134 valence electrons. The third-order valence-electron chi connectivity index (χ3n) is 3.31. The molecule has 0 aliphatic carbocycles. The summed E-state index contributed by atoms with van der Waals surface area (Å²) in [5, 5.41) is 4.14. The Labute approximate surface area is 168 Å². The lowest BCUT2D eigenvalue weighted by Gasteiger charge is -2.02. The highest BCUT2D eigenvalue weighted by atomic mass is 35.5. The summed E-state index contributed by atoms with van der Waals surface area (Å²) in [5.41, 5.74) is 0.0694. The van der Waals surface area contributed by atoms with Crippen LogP contribution >= 0.6 is 46.5 Å². The molecule has 0 aliphatic rings. The van der Waals surface area contributed by atoms with E-state index >= 15 is 0 Å². The molecule has 0 saturated carbocycles. The normalized spacial score (nSPS) is 10.7. The first-order valence-corrected chi connectivity index (χ1v) is 10.1. The van der Waals surface area contributed by atoms with E-state index < -0.39 is 0 Å². The predicted molar refractivity (Wildman–Crippen MR) is 108 cm³/mol. The Hall–Kier alpha value is -1.80. The van der Waals surface area contributed by atoms with Crippen LogP contribution in [0, 0.1) is 0 Å². The summed E-state index contributed by atoms with van der Waals surface area (Å²) in [5.74, 6) is 0.368. The second-order valence-electron chi connectivity index (χ2n) is 5.16. The Bertz CT molecular complexity index is 953. The molecule has 2 aromatic carbocycles. The largest absolute Gasteiger partial charge is 0.359 e. The molecule has 26 heavy (non-hydrogen) atoms. The van der Waals surface area contributed by atoms with Crippen molar-refractivity contribution in [1.29, 1.82) is 0 Å². The van der Waals surface area contributed by atoms with E-state index in [0.29, 0.717) is 27.9 Å². The van der Waals surface area contributed by atoms with E-state index in [1.165, 1.54) is 3.96 Å². The summed E-state index contributed by atoms with van der Waals surface area (Å²) in [6.45, 7) is 0.501. The monoisotopic (exact) mass is 425 g/mol. The fourth-order valence-corrected chi connectivity index (χ4v) is 4.02. The van der Waals surface area contributed by atoms with Crippen LogP contribution in [0.3, 0.4) is 0 Å². The first kappa shape index (κ1) is 19.0. The first-order chi connectivity index (χ1) is 12.5. The Morgan fingerprint density at radius 1 is 1.08 bits per heavy atom. The molecule has 0 fully saturated rings. The lowest BCUT2D eigenvalue weighted by molar-refractivity contribution is 0.102. The van der Waals surface area contributed by atoms with Crippen LogP contribution < -0.4 is 11.0 Å². The Morgan fingerprint density at radius 2 is 1.69 bits per heavy atom. The maximum Gasteiger partial charge on any atom is 0.359 e. The molecule has 0 aliphatic heterocycles. The number of hydrogen-bond acceptors (Lipinski definition) is 5. The Balaban J connectivity index is 1.58. The van der Waals surface area contributed by atoms with Gasteiger partial charge < -0.3 is 0 Å². The Kier molecular flexibility index (Phi) is 6.37. The molecule has 3 aromatic rings. The third-order valence-corrected chi connectivity index (χ3v) is 5.73. The fraction of sp³-hybridized carbons (Fsp3) is 0.118. The van der Waals surface area contributed by atoms with Crippen LogP contribution in [0.2, 0.25) is 10.0 Å². The summed E-state index contributed by atoms with van der Waals surface area (Å²) in [6.07, 6.45) is 0. The predicted octanol–water partition coefficient (Wildman–Crippen LogP) is 4.66. The summed E-state index contributed by atoms with van der Waals surface area (Å²) in [4.78, 5) is 29.1. The standard InChI is InChI=1S/C17H13Cl2N3O2S2/c18-12-3-1-11(2-4-12)15(23)20-16-21-17(24)22(26-16)9-10-25-14-7-5-13(19)6-8-14/h1-8H,9-10H2,(H,20,21,23,24). The average Bonchev–Trinajstić information content (AvgIpc) is 2.96. The number of carbonyl (C=O) groups is 1. The maximum atomic E-state index is 12.2. The van der Waals surface area contributed by atoms with E-state index in [9.17, 15) is 9.59 Å². The molecule has 0 bridgehead atoms. The number of aromatic nitrogens is 2. The van der Waals surface area contributed by atoms with E-state index in [1.807, 2.05) is 24.3 Å². The highest BCUT2D eigenvalue weighted by Crippen LogP contribution is 2.21. The van der Waals surface area contributed by atoms with Crippen LogP contribution in [0.1, 0.15) is 10.4 Å². The molecule has 3 rings (SSSR count). The van der Waals surface area contributed by atoms with Crippen molar-refractivity contribution in [2.45, 2.75) is 11.4 Å². The van der Waals surface area contributed by atoms with Gasteiger partial charge in [0.25, 0.3) is 5.91 Å². The number of thioether (sulfide) groups is 1. The number of aryl methyl sites for hydroxylation is 1. The number of nitrogens with zero attached hydrogens (tertiary/aromatic N) is 2. The number of halogens is 2. The molecule has 1 N–H and O–H groups in total. The van der Waals surface area contributed by atoms with E-state index in [4.69, 9.17) is 23.2 Å². The molecule has 0 unspecified atom stereocenters. The number of benzene rings is 2. The van der Waals surface area contributed by atoms with Gasteiger partial charge in [-0.2, -0.15) is 4.98 Å². The van der Waals surface area contributed by atoms with E-state index in [2.05, 4.69) is 10.3 Å². The molecule has 5 nitrogen and oxygen atoms in total. The molecule has 0 radical (unpaired) electrons. The van der Waals surface area contributed by atoms with Gasteiger partial charge in [-0.1, -0.05) is 23.2 Å². The van der Waals surface area contributed by atoms with Crippen LogP contribution in [0.5, 0.6) is 0 Å². The lowest BCUT2D eigenvalue weighted by atomic mass is 10.2. The molecular weight excluding hydrogens is 413 g/mol. The minimum absolute atomic E-state index is 0.270. The maximum absolute atomic E-state index is 12.2. The quantitative estimate of drug-likeness (QED) is 0.583. The zero-order valence-corrected chi connectivity index (χ0v) is 16.5. The van der Waals surface area contributed by atoms with Crippen molar-refractivity contribution in [1.82, 2.24) is 8.94 Å². The molecule has 1 heterocycles. The van der Waals surface area contributed by atoms with Gasteiger partial charge in [-0.15, -0.1) is 11.8 Å². The summed E-state index contributed by atoms with van der Waals surface area (Å²) in [6, 6.07) is 14.0. The van der Waals surface area contributed by atoms with Gasteiger partial charge in [0, 0.05) is 32.8 Å². The van der Waals surface area contributed by atoms with Gasteiger partial charge in [0.15, 0.2) is 0 Å². The van der Waals surface area contributed by atoms with Crippen LogP contribution in [0.25, 0.3) is 0 Å². The number of amides is 1. The van der Waals surface area contributed by atoms with Gasteiger partial charge in [0.05, 0.1) is 0 Å². The van der Waals surface area contributed by atoms with E-state index in [0.717, 1.165) is 16.4 Å². The first-order valence-electron chi connectivity index (χ1n) is 7.55. The molecular formula is C17H13Cl2N3O2S2. The zero-order valence-electron chi connectivity index (χ0n) is 13.3. The van der Waals surface area contributed by atoms with Crippen molar-refractivity contribution in [3.8, 4) is 0 Å². The molecule has 1 amide bonds. The van der Waals surface area contributed by atoms with Gasteiger partial charge in [-0.05, 0) is 60.1 Å². The van der Waals surface area contributed by atoms with Crippen LogP contribution in [-0.2, 0) is 6.54 Å². The highest BCUT2D eigenvalue weighted by Gasteiger charge is 2.11. The minimum Gasteiger partial charge on any atom is -0.297 e. The number of carbonyl (C=O) groups excluding carboxylic acids is 1. The molecule has 1 aromatic heterocycles. The van der Waals surface area contributed by atoms with Crippen LogP contribution in [0.4, 0.5) is 5.13 Å².